The molecule has 0 atom stereocenters. The Hall–Kier alpha value is -1.81. The summed E-state index contributed by atoms with van der Waals surface area (Å²) >= 11 is 0. The van der Waals surface area contributed by atoms with Crippen molar-refractivity contribution in [3.63, 3.8) is 0 Å². The summed E-state index contributed by atoms with van der Waals surface area (Å²) in [5.74, 6) is 0. The second-order valence-electron chi connectivity index (χ2n) is 5.05. The van der Waals surface area contributed by atoms with Crippen LogP contribution in [-0.4, -0.2) is 14.7 Å². The van der Waals surface area contributed by atoms with Crippen LogP contribution >= 0.6 is 0 Å². The fraction of sp³-hybridized carbons (Fsp3) is 0.250. The predicted molar refractivity (Wildman–Crippen MR) is 83.4 cm³/mol. The third-order valence-corrected chi connectivity index (χ3v) is 4.32. The van der Waals surface area contributed by atoms with Crippen LogP contribution in [0.15, 0.2) is 48.5 Å². The molecule has 0 saturated heterocycles. The number of anilines is 1. The lowest BCUT2D eigenvalue weighted by molar-refractivity contribution is 0.596. The molecule has 0 fully saturated rings. The molecule has 20 heavy (non-hydrogen) atoms. The SMILES string of the molecule is Cc1cccc(CN(c2ccccc2C)S(C)(=O)=O)c1. The molecule has 2 aromatic carbocycles. The average Bonchev–Trinajstić information content (AvgIpc) is 2.36. The molecule has 0 N–H and O–H groups in total. The van der Waals surface area contributed by atoms with Crippen LogP contribution in [0.4, 0.5) is 5.69 Å². The van der Waals surface area contributed by atoms with E-state index in [1.54, 1.807) is 0 Å². The summed E-state index contributed by atoms with van der Waals surface area (Å²) < 4.78 is 25.7. The predicted octanol–water partition coefficient (Wildman–Crippen LogP) is 3.27. The molecule has 0 heterocycles. The van der Waals surface area contributed by atoms with E-state index in [9.17, 15) is 8.42 Å². The molecular formula is C16H19NO2S. The van der Waals surface area contributed by atoms with Crippen molar-refractivity contribution >= 4 is 15.7 Å². The first-order chi connectivity index (χ1) is 9.38. The number of para-hydroxylation sites is 1. The molecule has 0 amide bonds. The molecule has 2 rings (SSSR count). The van der Waals surface area contributed by atoms with Gasteiger partial charge in [-0.15, -0.1) is 0 Å². The maximum Gasteiger partial charge on any atom is 0.232 e. The number of hydrogen-bond acceptors (Lipinski definition) is 2. The Labute approximate surface area is 120 Å². The Kier molecular flexibility index (Phi) is 4.14. The molecule has 0 aliphatic rings. The highest BCUT2D eigenvalue weighted by molar-refractivity contribution is 7.92. The minimum absolute atomic E-state index is 0.353. The van der Waals surface area contributed by atoms with Crippen molar-refractivity contribution in [2.45, 2.75) is 20.4 Å². The van der Waals surface area contributed by atoms with Crippen LogP contribution in [0.25, 0.3) is 0 Å². The molecule has 2 aromatic rings. The molecule has 3 nitrogen and oxygen atoms in total. The van der Waals surface area contributed by atoms with Gasteiger partial charge < -0.3 is 0 Å². The maximum absolute atomic E-state index is 12.1. The van der Waals surface area contributed by atoms with Crippen molar-refractivity contribution < 1.29 is 8.42 Å². The zero-order chi connectivity index (χ0) is 14.8. The minimum Gasteiger partial charge on any atom is -0.266 e. The van der Waals surface area contributed by atoms with Crippen LogP contribution in [0.1, 0.15) is 16.7 Å². The standard InChI is InChI=1S/C16H19NO2S/c1-13-7-6-9-15(11-13)12-17(20(3,18)19)16-10-5-4-8-14(16)2/h4-11H,12H2,1-3H3. The lowest BCUT2D eigenvalue weighted by Gasteiger charge is -2.24. The highest BCUT2D eigenvalue weighted by Crippen LogP contribution is 2.24. The molecular weight excluding hydrogens is 270 g/mol. The topological polar surface area (TPSA) is 37.4 Å². The summed E-state index contributed by atoms with van der Waals surface area (Å²) in [6.45, 7) is 4.27. The summed E-state index contributed by atoms with van der Waals surface area (Å²) in [6, 6.07) is 15.4. The van der Waals surface area contributed by atoms with E-state index in [1.165, 1.54) is 10.6 Å². The van der Waals surface area contributed by atoms with Crippen LogP contribution in [0.2, 0.25) is 0 Å². The van der Waals surface area contributed by atoms with Gasteiger partial charge in [0.2, 0.25) is 10.0 Å². The average molecular weight is 289 g/mol. The fourth-order valence-electron chi connectivity index (χ4n) is 2.20. The maximum atomic E-state index is 12.1. The van der Waals surface area contributed by atoms with Gasteiger partial charge in [-0.3, -0.25) is 4.31 Å². The van der Waals surface area contributed by atoms with E-state index >= 15 is 0 Å². The van der Waals surface area contributed by atoms with Crippen molar-refractivity contribution in [1.29, 1.82) is 0 Å². The molecule has 0 radical (unpaired) electrons. The van der Waals surface area contributed by atoms with Gasteiger partial charge in [-0.2, -0.15) is 0 Å². The number of benzene rings is 2. The summed E-state index contributed by atoms with van der Waals surface area (Å²) in [7, 11) is -3.32. The smallest absolute Gasteiger partial charge is 0.232 e. The zero-order valence-corrected chi connectivity index (χ0v) is 12.8. The Balaban J connectivity index is 2.43. The molecule has 0 spiro atoms. The highest BCUT2D eigenvalue weighted by atomic mass is 32.2. The second-order valence-corrected chi connectivity index (χ2v) is 6.95. The quantitative estimate of drug-likeness (QED) is 0.866. The summed E-state index contributed by atoms with van der Waals surface area (Å²) in [6.07, 6.45) is 1.25. The Morgan fingerprint density at radius 1 is 1.00 bits per heavy atom. The second kappa shape index (κ2) is 5.67. The van der Waals surface area contributed by atoms with Gasteiger partial charge >= 0.3 is 0 Å². The van der Waals surface area contributed by atoms with E-state index in [1.807, 2.05) is 62.4 Å². The van der Waals surface area contributed by atoms with Crippen LogP contribution in [-0.2, 0) is 16.6 Å². The van der Waals surface area contributed by atoms with Crippen LogP contribution < -0.4 is 4.31 Å². The third-order valence-electron chi connectivity index (χ3n) is 3.19. The number of rotatable bonds is 4. The summed E-state index contributed by atoms with van der Waals surface area (Å²) in [5.41, 5.74) is 3.79. The van der Waals surface area contributed by atoms with Gasteiger partial charge in [0.25, 0.3) is 0 Å². The molecule has 0 saturated carbocycles. The lowest BCUT2D eigenvalue weighted by atomic mass is 10.1. The molecule has 0 aromatic heterocycles. The van der Waals surface area contributed by atoms with E-state index in [4.69, 9.17) is 0 Å². The lowest BCUT2D eigenvalue weighted by Crippen LogP contribution is -2.29. The van der Waals surface area contributed by atoms with Gasteiger partial charge in [0.1, 0.15) is 0 Å². The van der Waals surface area contributed by atoms with E-state index < -0.39 is 10.0 Å². The van der Waals surface area contributed by atoms with Gasteiger partial charge in [0, 0.05) is 0 Å². The van der Waals surface area contributed by atoms with Crippen molar-refractivity contribution in [3.8, 4) is 0 Å². The van der Waals surface area contributed by atoms with Crippen LogP contribution in [0, 0.1) is 13.8 Å². The first-order valence-corrected chi connectivity index (χ1v) is 8.31. The molecule has 106 valence electrons. The highest BCUT2D eigenvalue weighted by Gasteiger charge is 2.19. The number of sulfonamides is 1. The Morgan fingerprint density at radius 3 is 2.30 bits per heavy atom. The molecule has 0 aliphatic carbocycles. The summed E-state index contributed by atoms with van der Waals surface area (Å²) in [4.78, 5) is 0. The van der Waals surface area contributed by atoms with E-state index in [0.29, 0.717) is 6.54 Å². The fourth-order valence-corrected chi connectivity index (χ4v) is 3.15. The van der Waals surface area contributed by atoms with Crippen molar-refractivity contribution in [3.05, 3.63) is 65.2 Å². The van der Waals surface area contributed by atoms with Crippen LogP contribution in [0.3, 0.4) is 0 Å². The summed E-state index contributed by atoms with van der Waals surface area (Å²) in [5, 5.41) is 0. The largest absolute Gasteiger partial charge is 0.266 e. The molecule has 0 unspecified atom stereocenters. The van der Waals surface area contributed by atoms with Gasteiger partial charge in [-0.1, -0.05) is 48.0 Å². The van der Waals surface area contributed by atoms with Crippen molar-refractivity contribution in [1.82, 2.24) is 0 Å². The van der Waals surface area contributed by atoms with Crippen LogP contribution in [0.5, 0.6) is 0 Å². The molecule has 0 bridgehead atoms. The van der Waals surface area contributed by atoms with E-state index in [-0.39, 0.29) is 0 Å². The number of nitrogens with zero attached hydrogens (tertiary/aromatic N) is 1. The molecule has 4 heteroatoms. The first-order valence-electron chi connectivity index (χ1n) is 6.47. The van der Waals surface area contributed by atoms with Crippen molar-refractivity contribution in [2.24, 2.45) is 0 Å². The Bertz CT molecular complexity index is 708. The molecule has 0 aliphatic heterocycles. The zero-order valence-electron chi connectivity index (χ0n) is 12.0. The van der Waals surface area contributed by atoms with Gasteiger partial charge in [-0.25, -0.2) is 8.42 Å². The number of aryl methyl sites for hydroxylation is 2. The Morgan fingerprint density at radius 2 is 1.70 bits per heavy atom. The van der Waals surface area contributed by atoms with Gasteiger partial charge in [0.05, 0.1) is 18.5 Å². The number of hydrogen-bond donors (Lipinski definition) is 0. The normalized spacial score (nSPS) is 11.3. The minimum atomic E-state index is -3.32. The monoisotopic (exact) mass is 289 g/mol. The third kappa shape index (κ3) is 3.39. The van der Waals surface area contributed by atoms with E-state index in [0.717, 1.165) is 22.4 Å². The van der Waals surface area contributed by atoms with Gasteiger partial charge in [-0.05, 0) is 31.0 Å². The first kappa shape index (κ1) is 14.6. The van der Waals surface area contributed by atoms with Gasteiger partial charge in [0.15, 0.2) is 0 Å². The van der Waals surface area contributed by atoms with E-state index in [2.05, 4.69) is 0 Å². The van der Waals surface area contributed by atoms with Crippen molar-refractivity contribution in [2.75, 3.05) is 10.6 Å².